The van der Waals surface area contributed by atoms with Gasteiger partial charge in [-0.1, -0.05) is 6.07 Å². The van der Waals surface area contributed by atoms with Crippen LogP contribution in [0.5, 0.6) is 17.2 Å². The van der Waals surface area contributed by atoms with Gasteiger partial charge in [0.2, 0.25) is 0 Å². The maximum Gasteiger partial charge on any atom is 0.254 e. The van der Waals surface area contributed by atoms with E-state index in [1.54, 1.807) is 39.3 Å². The summed E-state index contributed by atoms with van der Waals surface area (Å²) in [6.45, 7) is 4.41. The van der Waals surface area contributed by atoms with Crippen molar-refractivity contribution in [1.82, 2.24) is 4.90 Å². The predicted molar refractivity (Wildman–Crippen MR) is 97.8 cm³/mol. The van der Waals surface area contributed by atoms with E-state index in [1.165, 1.54) is 0 Å². The molecule has 2 aromatic carbocycles. The van der Waals surface area contributed by atoms with Crippen LogP contribution in [-0.2, 0) is 6.54 Å². The molecule has 25 heavy (non-hydrogen) atoms. The number of amides is 1. The van der Waals surface area contributed by atoms with Crippen LogP contribution in [-0.4, -0.2) is 39.2 Å². The molecule has 0 aliphatic heterocycles. The van der Waals surface area contributed by atoms with Crippen molar-refractivity contribution in [2.24, 2.45) is 0 Å². The second-order valence-corrected chi connectivity index (χ2v) is 5.98. The molecule has 1 amide bonds. The summed E-state index contributed by atoms with van der Waals surface area (Å²) < 4.78 is 16.0. The molecule has 0 N–H and O–H groups in total. The first-order chi connectivity index (χ1) is 11.9. The van der Waals surface area contributed by atoms with Gasteiger partial charge in [-0.2, -0.15) is 0 Å². The first-order valence-electron chi connectivity index (χ1n) is 8.02. The largest absolute Gasteiger partial charge is 0.496 e. The molecular formula is C20H25NO4. The predicted octanol–water partition coefficient (Wildman–Crippen LogP) is 3.60. The van der Waals surface area contributed by atoms with Crippen LogP contribution in [0.1, 0.15) is 27.0 Å². The lowest BCUT2D eigenvalue weighted by molar-refractivity contribution is 0.0784. The highest BCUT2D eigenvalue weighted by molar-refractivity contribution is 5.94. The fourth-order valence-corrected chi connectivity index (χ4v) is 2.69. The van der Waals surface area contributed by atoms with Gasteiger partial charge in [0.05, 0.1) is 21.3 Å². The summed E-state index contributed by atoms with van der Waals surface area (Å²) in [5, 5.41) is 0. The summed E-state index contributed by atoms with van der Waals surface area (Å²) >= 11 is 0. The van der Waals surface area contributed by atoms with Crippen molar-refractivity contribution in [1.29, 1.82) is 0 Å². The van der Waals surface area contributed by atoms with Gasteiger partial charge < -0.3 is 19.1 Å². The Kier molecular flexibility index (Phi) is 5.91. The van der Waals surface area contributed by atoms with Crippen LogP contribution >= 0.6 is 0 Å². The van der Waals surface area contributed by atoms with E-state index < -0.39 is 0 Å². The van der Waals surface area contributed by atoms with Crippen LogP contribution < -0.4 is 14.2 Å². The van der Waals surface area contributed by atoms with E-state index in [4.69, 9.17) is 14.2 Å². The molecule has 0 fully saturated rings. The molecule has 0 saturated carbocycles. The van der Waals surface area contributed by atoms with Gasteiger partial charge in [-0.15, -0.1) is 0 Å². The topological polar surface area (TPSA) is 48.0 Å². The maximum atomic E-state index is 12.7. The molecule has 2 rings (SSSR count). The summed E-state index contributed by atoms with van der Waals surface area (Å²) in [5.41, 5.74) is 3.65. The summed E-state index contributed by atoms with van der Waals surface area (Å²) in [6, 6.07) is 9.31. The third-order valence-electron chi connectivity index (χ3n) is 4.25. The first-order valence-corrected chi connectivity index (χ1v) is 8.02. The third-order valence-corrected chi connectivity index (χ3v) is 4.25. The lowest BCUT2D eigenvalue weighted by Crippen LogP contribution is -2.26. The summed E-state index contributed by atoms with van der Waals surface area (Å²) in [4.78, 5) is 14.4. The molecule has 0 radical (unpaired) electrons. The average molecular weight is 343 g/mol. The fraction of sp³-hybridized carbons (Fsp3) is 0.350. The molecule has 2 aromatic rings. The lowest BCUT2D eigenvalue weighted by atomic mass is 10.1. The number of carbonyl (C=O) groups is 1. The molecule has 0 aromatic heterocycles. The molecule has 5 heteroatoms. The second-order valence-electron chi connectivity index (χ2n) is 5.98. The number of ether oxygens (including phenoxy) is 3. The second kappa shape index (κ2) is 7.92. The van der Waals surface area contributed by atoms with Crippen molar-refractivity contribution in [2.75, 3.05) is 28.4 Å². The van der Waals surface area contributed by atoms with Crippen molar-refractivity contribution in [3.8, 4) is 17.2 Å². The zero-order chi connectivity index (χ0) is 18.6. The maximum absolute atomic E-state index is 12.7. The van der Waals surface area contributed by atoms with Crippen LogP contribution in [0.4, 0.5) is 0 Å². The Bertz CT molecular complexity index is 771. The Hall–Kier alpha value is -2.69. The smallest absolute Gasteiger partial charge is 0.254 e. The molecule has 0 atom stereocenters. The highest BCUT2D eigenvalue weighted by Gasteiger charge is 2.16. The molecule has 5 nitrogen and oxygen atoms in total. The van der Waals surface area contributed by atoms with Crippen molar-refractivity contribution in [2.45, 2.75) is 20.4 Å². The monoisotopic (exact) mass is 343 g/mol. The van der Waals surface area contributed by atoms with Gasteiger partial charge in [0.15, 0.2) is 11.5 Å². The van der Waals surface area contributed by atoms with Gasteiger partial charge in [-0.05, 0) is 54.8 Å². The Morgan fingerprint density at radius 1 is 0.880 bits per heavy atom. The zero-order valence-corrected chi connectivity index (χ0v) is 15.7. The van der Waals surface area contributed by atoms with Crippen molar-refractivity contribution in [3.05, 3.63) is 52.6 Å². The highest BCUT2D eigenvalue weighted by Crippen LogP contribution is 2.31. The van der Waals surface area contributed by atoms with Gasteiger partial charge in [0.25, 0.3) is 5.91 Å². The number of nitrogens with zero attached hydrogens (tertiary/aromatic N) is 1. The van der Waals surface area contributed by atoms with E-state index in [1.807, 2.05) is 38.1 Å². The number of aryl methyl sites for hydroxylation is 2. The van der Waals surface area contributed by atoms with E-state index in [-0.39, 0.29) is 5.91 Å². The molecule has 0 heterocycles. The van der Waals surface area contributed by atoms with Gasteiger partial charge in [-0.3, -0.25) is 4.79 Å². The van der Waals surface area contributed by atoms with Crippen molar-refractivity contribution >= 4 is 5.91 Å². The Labute approximate surface area is 149 Å². The van der Waals surface area contributed by atoms with Crippen LogP contribution in [0.15, 0.2) is 30.3 Å². The quantitative estimate of drug-likeness (QED) is 0.804. The Morgan fingerprint density at radius 2 is 1.48 bits per heavy atom. The number of hydrogen-bond donors (Lipinski definition) is 0. The van der Waals surface area contributed by atoms with Gasteiger partial charge in [0, 0.05) is 19.2 Å². The zero-order valence-electron chi connectivity index (χ0n) is 15.7. The minimum atomic E-state index is -0.0625. The SMILES string of the molecule is COc1cc(C(=O)N(C)Cc2cc(OC)c(OC)cc2C)ccc1C. The van der Waals surface area contributed by atoms with Crippen LogP contribution in [0.25, 0.3) is 0 Å². The van der Waals surface area contributed by atoms with E-state index in [0.717, 1.165) is 16.7 Å². The molecule has 0 unspecified atom stereocenters. The minimum Gasteiger partial charge on any atom is -0.496 e. The molecule has 0 spiro atoms. The van der Waals surface area contributed by atoms with Crippen molar-refractivity contribution < 1.29 is 19.0 Å². The summed E-state index contributed by atoms with van der Waals surface area (Å²) in [7, 11) is 6.60. The van der Waals surface area contributed by atoms with E-state index in [9.17, 15) is 4.79 Å². The third kappa shape index (κ3) is 4.05. The Morgan fingerprint density at radius 3 is 2.08 bits per heavy atom. The molecule has 134 valence electrons. The van der Waals surface area contributed by atoms with E-state index >= 15 is 0 Å². The number of rotatable bonds is 6. The average Bonchev–Trinajstić information content (AvgIpc) is 2.62. The molecule has 0 saturated heterocycles. The number of hydrogen-bond acceptors (Lipinski definition) is 4. The fourth-order valence-electron chi connectivity index (χ4n) is 2.69. The van der Waals surface area contributed by atoms with E-state index in [2.05, 4.69) is 0 Å². The normalized spacial score (nSPS) is 10.3. The molecule has 0 aliphatic carbocycles. The van der Waals surface area contributed by atoms with Crippen LogP contribution in [0.3, 0.4) is 0 Å². The molecule has 0 bridgehead atoms. The molecule has 0 aliphatic rings. The van der Waals surface area contributed by atoms with Gasteiger partial charge in [0.1, 0.15) is 5.75 Å². The molecular weight excluding hydrogens is 318 g/mol. The minimum absolute atomic E-state index is 0.0625. The van der Waals surface area contributed by atoms with Gasteiger partial charge >= 0.3 is 0 Å². The standard InChI is InChI=1S/C20H25NO4/c1-13-7-8-15(10-17(13)23-4)20(22)21(3)12-16-11-19(25-6)18(24-5)9-14(16)2/h7-11H,12H2,1-6H3. The van der Waals surface area contributed by atoms with Crippen molar-refractivity contribution in [3.63, 3.8) is 0 Å². The van der Waals surface area contributed by atoms with E-state index in [0.29, 0.717) is 29.4 Å². The first kappa shape index (κ1) is 18.6. The number of methoxy groups -OCH3 is 3. The summed E-state index contributed by atoms with van der Waals surface area (Å²) in [5.74, 6) is 1.98. The number of carbonyl (C=O) groups excluding carboxylic acids is 1. The highest BCUT2D eigenvalue weighted by atomic mass is 16.5. The summed E-state index contributed by atoms with van der Waals surface area (Å²) in [6.07, 6.45) is 0. The van der Waals surface area contributed by atoms with Gasteiger partial charge in [-0.25, -0.2) is 0 Å². The Balaban J connectivity index is 2.24. The number of benzene rings is 2. The lowest BCUT2D eigenvalue weighted by Gasteiger charge is -2.20. The van der Waals surface area contributed by atoms with Crippen LogP contribution in [0, 0.1) is 13.8 Å². The van der Waals surface area contributed by atoms with Crippen LogP contribution in [0.2, 0.25) is 0 Å².